The predicted octanol–water partition coefficient (Wildman–Crippen LogP) is 0.242. The summed E-state index contributed by atoms with van der Waals surface area (Å²) in [5.41, 5.74) is 5.74. The van der Waals surface area contributed by atoms with E-state index in [1.165, 1.54) is 0 Å². The van der Waals surface area contributed by atoms with Gasteiger partial charge in [0.25, 0.3) is 0 Å². The quantitative estimate of drug-likeness (QED) is 0.623. The minimum absolute atomic E-state index is 0.163. The maximum Gasteiger partial charge on any atom is 0.358 e. The molecule has 1 aromatic heterocycles. The van der Waals surface area contributed by atoms with Gasteiger partial charge in [-0.25, -0.2) is 4.79 Å². The summed E-state index contributed by atoms with van der Waals surface area (Å²) in [7, 11) is 0. The molecule has 8 heteroatoms. The third kappa shape index (κ3) is 3.63. The molecule has 21 heavy (non-hydrogen) atoms. The Morgan fingerprint density at radius 3 is 2.76 bits per heavy atom. The number of nitrogens with one attached hydrogen (secondary N) is 1. The minimum Gasteiger partial charge on any atom is -0.476 e. The Labute approximate surface area is 119 Å². The fourth-order valence-electron chi connectivity index (χ4n) is 1.80. The van der Waals surface area contributed by atoms with E-state index >= 15 is 0 Å². The molecule has 0 radical (unpaired) electrons. The average Bonchev–Trinajstić information content (AvgIpc) is 2.46. The van der Waals surface area contributed by atoms with E-state index in [-0.39, 0.29) is 18.9 Å². The Bertz CT molecular complexity index is 674. The molecule has 8 nitrogen and oxygen atoms in total. The largest absolute Gasteiger partial charge is 0.476 e. The molecule has 0 saturated heterocycles. The zero-order valence-electron chi connectivity index (χ0n) is 11.1. The molecule has 4 N–H and O–H groups in total. The highest BCUT2D eigenvalue weighted by Gasteiger charge is 2.16. The van der Waals surface area contributed by atoms with Gasteiger partial charge in [-0.1, -0.05) is 18.2 Å². The highest BCUT2D eigenvalue weighted by Crippen LogP contribution is 2.23. The van der Waals surface area contributed by atoms with Crippen LogP contribution >= 0.6 is 0 Å². The third-order valence-corrected chi connectivity index (χ3v) is 2.66. The van der Waals surface area contributed by atoms with Crippen molar-refractivity contribution in [3.63, 3.8) is 0 Å². The van der Waals surface area contributed by atoms with Crippen LogP contribution in [0.15, 0.2) is 24.3 Å². The molecular weight excluding hydrogens is 276 g/mol. The van der Waals surface area contributed by atoms with E-state index in [4.69, 9.17) is 15.6 Å². The van der Waals surface area contributed by atoms with E-state index in [1.54, 1.807) is 24.3 Å². The Morgan fingerprint density at radius 1 is 1.29 bits per heavy atom. The van der Waals surface area contributed by atoms with Gasteiger partial charge in [0.2, 0.25) is 5.91 Å². The number of carbonyl (C=O) groups is 2. The second-order valence-corrected chi connectivity index (χ2v) is 4.19. The Balaban J connectivity index is 2.17. The minimum atomic E-state index is -1.17. The molecule has 0 saturated carbocycles. The molecule has 0 aliphatic rings. The first-order valence-corrected chi connectivity index (χ1v) is 6.18. The van der Waals surface area contributed by atoms with Crippen molar-refractivity contribution in [3.05, 3.63) is 30.0 Å². The molecule has 0 spiro atoms. The number of primary amides is 1. The number of aromatic nitrogens is 2. The van der Waals surface area contributed by atoms with Crippen LogP contribution < -0.4 is 11.1 Å². The predicted molar refractivity (Wildman–Crippen MR) is 75.0 cm³/mol. The molecule has 110 valence electrons. The van der Waals surface area contributed by atoms with Crippen molar-refractivity contribution >= 4 is 28.5 Å². The normalized spacial score (nSPS) is 10.5. The number of anilines is 1. The molecule has 0 aliphatic heterocycles. The molecule has 2 aromatic rings. The van der Waals surface area contributed by atoms with Crippen LogP contribution in [-0.4, -0.2) is 46.9 Å². The average molecular weight is 290 g/mol. The number of ether oxygens (including phenoxy) is 1. The number of aromatic carboxylic acids is 1. The summed E-state index contributed by atoms with van der Waals surface area (Å²) in [5, 5.41) is 20.3. The van der Waals surface area contributed by atoms with E-state index in [9.17, 15) is 9.59 Å². The Kier molecular flexibility index (Phi) is 4.62. The van der Waals surface area contributed by atoms with E-state index < -0.39 is 11.9 Å². The van der Waals surface area contributed by atoms with Crippen LogP contribution in [0, 0.1) is 0 Å². The highest BCUT2D eigenvalue weighted by molar-refractivity contribution is 6.02. The molecule has 0 fully saturated rings. The lowest BCUT2D eigenvalue weighted by molar-refractivity contribution is -0.122. The zero-order valence-corrected chi connectivity index (χ0v) is 11.1. The first kappa shape index (κ1) is 14.7. The summed E-state index contributed by atoms with van der Waals surface area (Å²) in [4.78, 5) is 21.7. The summed E-state index contributed by atoms with van der Waals surface area (Å²) < 4.78 is 5.01. The lowest BCUT2D eigenvalue weighted by Crippen LogP contribution is -2.21. The second-order valence-electron chi connectivity index (χ2n) is 4.19. The van der Waals surface area contributed by atoms with E-state index in [2.05, 4.69) is 15.5 Å². The van der Waals surface area contributed by atoms with Crippen molar-refractivity contribution in [1.82, 2.24) is 10.2 Å². The number of fused-ring (bicyclic) bond motifs is 1. The summed E-state index contributed by atoms with van der Waals surface area (Å²) in [6.45, 7) is 0.338. The van der Waals surface area contributed by atoms with Crippen LogP contribution in [0.25, 0.3) is 10.9 Å². The molecule has 1 heterocycles. The number of benzene rings is 1. The smallest absolute Gasteiger partial charge is 0.358 e. The maximum absolute atomic E-state index is 11.2. The number of nitrogens with zero attached hydrogens (tertiary/aromatic N) is 2. The first-order chi connectivity index (χ1) is 10.1. The monoisotopic (exact) mass is 290 g/mol. The number of hydrogen-bond acceptors (Lipinski definition) is 6. The van der Waals surface area contributed by atoms with Crippen LogP contribution in [0.3, 0.4) is 0 Å². The molecule has 0 unspecified atom stereocenters. The van der Waals surface area contributed by atoms with Crippen LogP contribution in [0.2, 0.25) is 0 Å². The SMILES string of the molecule is NC(=O)COCCNc1c(C(=O)O)nnc2ccccc12. The summed E-state index contributed by atoms with van der Waals surface area (Å²) in [6.07, 6.45) is 0. The van der Waals surface area contributed by atoms with Gasteiger partial charge in [0.1, 0.15) is 6.61 Å². The number of carboxylic acid groups (broad SMARTS) is 1. The zero-order chi connectivity index (χ0) is 15.2. The van der Waals surface area contributed by atoms with Gasteiger partial charge < -0.3 is 20.9 Å². The van der Waals surface area contributed by atoms with Crippen molar-refractivity contribution in [3.8, 4) is 0 Å². The lowest BCUT2D eigenvalue weighted by Gasteiger charge is -2.11. The van der Waals surface area contributed by atoms with Crippen LogP contribution in [0.1, 0.15) is 10.5 Å². The summed E-state index contributed by atoms with van der Waals surface area (Å²) in [5.74, 6) is -1.73. The van der Waals surface area contributed by atoms with Crippen molar-refractivity contribution < 1.29 is 19.4 Å². The van der Waals surface area contributed by atoms with Gasteiger partial charge in [-0.15, -0.1) is 10.2 Å². The van der Waals surface area contributed by atoms with Gasteiger partial charge in [0.15, 0.2) is 5.69 Å². The molecular formula is C13H14N4O4. The fourth-order valence-corrected chi connectivity index (χ4v) is 1.80. The molecule has 0 atom stereocenters. The Morgan fingerprint density at radius 2 is 2.05 bits per heavy atom. The van der Waals surface area contributed by atoms with Crippen LogP contribution in [0.5, 0.6) is 0 Å². The molecule has 0 aliphatic carbocycles. The Hall–Kier alpha value is -2.74. The molecule has 1 amide bonds. The van der Waals surface area contributed by atoms with Crippen LogP contribution in [-0.2, 0) is 9.53 Å². The van der Waals surface area contributed by atoms with Crippen molar-refractivity contribution in [2.75, 3.05) is 25.1 Å². The van der Waals surface area contributed by atoms with Gasteiger partial charge in [0.05, 0.1) is 17.8 Å². The van der Waals surface area contributed by atoms with E-state index in [0.717, 1.165) is 0 Å². The lowest BCUT2D eigenvalue weighted by atomic mass is 10.1. The standard InChI is InChI=1S/C13H14N4O4/c14-10(18)7-21-6-5-15-11-8-3-1-2-4-9(8)16-17-12(11)13(19)20/h1-4H,5-7H2,(H2,14,18)(H,15,16)(H,19,20). The first-order valence-electron chi connectivity index (χ1n) is 6.18. The topological polar surface area (TPSA) is 127 Å². The maximum atomic E-state index is 11.2. The van der Waals surface area contributed by atoms with Gasteiger partial charge >= 0.3 is 5.97 Å². The van der Waals surface area contributed by atoms with E-state index in [1.807, 2.05) is 0 Å². The van der Waals surface area contributed by atoms with Gasteiger partial charge in [-0.3, -0.25) is 4.79 Å². The van der Waals surface area contributed by atoms with Crippen molar-refractivity contribution in [2.24, 2.45) is 5.73 Å². The van der Waals surface area contributed by atoms with Gasteiger partial charge in [-0.05, 0) is 6.07 Å². The van der Waals surface area contributed by atoms with Crippen molar-refractivity contribution in [2.45, 2.75) is 0 Å². The molecule has 0 bridgehead atoms. The molecule has 1 aromatic carbocycles. The molecule has 2 rings (SSSR count). The summed E-state index contributed by atoms with van der Waals surface area (Å²) >= 11 is 0. The van der Waals surface area contributed by atoms with E-state index in [0.29, 0.717) is 23.1 Å². The number of hydrogen-bond donors (Lipinski definition) is 3. The fraction of sp³-hybridized carbons (Fsp3) is 0.231. The van der Waals surface area contributed by atoms with Gasteiger partial charge in [0, 0.05) is 11.9 Å². The third-order valence-electron chi connectivity index (χ3n) is 2.66. The number of nitrogens with two attached hydrogens (primary N) is 1. The second kappa shape index (κ2) is 6.62. The number of rotatable bonds is 7. The number of carbonyl (C=O) groups excluding carboxylic acids is 1. The van der Waals surface area contributed by atoms with Gasteiger partial charge in [-0.2, -0.15) is 0 Å². The summed E-state index contributed by atoms with van der Waals surface area (Å²) in [6, 6.07) is 7.06. The highest BCUT2D eigenvalue weighted by atomic mass is 16.5. The number of carboxylic acids is 1. The van der Waals surface area contributed by atoms with Crippen LogP contribution in [0.4, 0.5) is 5.69 Å². The van der Waals surface area contributed by atoms with Crippen molar-refractivity contribution in [1.29, 1.82) is 0 Å². The number of amides is 1.